The first-order valence-corrected chi connectivity index (χ1v) is 8.85. The highest BCUT2D eigenvalue weighted by Gasteiger charge is 2.09. The summed E-state index contributed by atoms with van der Waals surface area (Å²) in [6.07, 6.45) is 0. The average Bonchev–Trinajstić information content (AvgIpc) is 2.56. The van der Waals surface area contributed by atoms with Crippen LogP contribution in [0.15, 0.2) is 48.5 Å². The number of para-hydroxylation sites is 1. The number of carbonyl (C=O) groups is 1. The minimum absolute atomic E-state index is 0.0385. The van der Waals surface area contributed by atoms with Crippen molar-refractivity contribution in [2.75, 3.05) is 18.2 Å². The molecule has 0 heterocycles. The summed E-state index contributed by atoms with van der Waals surface area (Å²) in [4.78, 5) is 12.1. The summed E-state index contributed by atoms with van der Waals surface area (Å²) in [6.45, 7) is 4.26. The Kier molecular flexibility index (Phi) is 6.53. The molecule has 2 aromatic carbocycles. The Morgan fingerprint density at radius 2 is 1.83 bits per heavy atom. The van der Waals surface area contributed by atoms with Crippen LogP contribution < -0.4 is 10.1 Å². The molecule has 23 heavy (non-hydrogen) atoms. The predicted octanol–water partition coefficient (Wildman–Crippen LogP) is 4.69. The fraction of sp³-hybridized carbons (Fsp3) is 0.316. The van der Waals surface area contributed by atoms with E-state index in [1.165, 1.54) is 11.1 Å². The summed E-state index contributed by atoms with van der Waals surface area (Å²) < 4.78 is 5.14. The molecular formula is C19H23NO2S. The third-order valence-electron chi connectivity index (χ3n) is 3.52. The third kappa shape index (κ3) is 5.32. The number of anilines is 1. The molecule has 0 bridgehead atoms. The van der Waals surface area contributed by atoms with E-state index in [1.807, 2.05) is 42.5 Å². The van der Waals surface area contributed by atoms with E-state index in [2.05, 4.69) is 25.2 Å². The van der Waals surface area contributed by atoms with Gasteiger partial charge in [-0.1, -0.05) is 44.2 Å². The van der Waals surface area contributed by atoms with Crippen molar-refractivity contribution in [3.63, 3.8) is 0 Å². The van der Waals surface area contributed by atoms with Crippen molar-refractivity contribution in [1.82, 2.24) is 0 Å². The number of hydrogen-bond donors (Lipinski definition) is 1. The van der Waals surface area contributed by atoms with Crippen LogP contribution in [0.5, 0.6) is 5.75 Å². The molecule has 0 spiro atoms. The van der Waals surface area contributed by atoms with E-state index in [4.69, 9.17) is 4.74 Å². The second-order valence-electron chi connectivity index (χ2n) is 5.63. The van der Waals surface area contributed by atoms with Gasteiger partial charge in [-0.2, -0.15) is 0 Å². The molecule has 1 N–H and O–H groups in total. The number of ether oxygens (including phenoxy) is 1. The smallest absolute Gasteiger partial charge is 0.234 e. The lowest BCUT2D eigenvalue weighted by molar-refractivity contribution is -0.113. The molecule has 2 aromatic rings. The Morgan fingerprint density at radius 1 is 1.13 bits per heavy atom. The lowest BCUT2D eigenvalue weighted by Gasteiger charge is -2.13. The van der Waals surface area contributed by atoms with Crippen LogP contribution in [0.4, 0.5) is 5.69 Å². The number of rotatable bonds is 7. The van der Waals surface area contributed by atoms with Crippen molar-refractivity contribution < 1.29 is 9.53 Å². The summed E-state index contributed by atoms with van der Waals surface area (Å²) in [5.74, 6) is 2.53. The van der Waals surface area contributed by atoms with Crippen LogP contribution in [0.3, 0.4) is 0 Å². The molecular weight excluding hydrogens is 306 g/mol. The van der Waals surface area contributed by atoms with Gasteiger partial charge in [-0.05, 0) is 35.2 Å². The van der Waals surface area contributed by atoms with Crippen LogP contribution in [0.1, 0.15) is 30.9 Å². The Hall–Kier alpha value is -1.94. The van der Waals surface area contributed by atoms with Gasteiger partial charge in [-0.15, -0.1) is 11.8 Å². The molecule has 0 radical (unpaired) electrons. The molecule has 0 aliphatic heterocycles. The molecule has 2 rings (SSSR count). The van der Waals surface area contributed by atoms with Gasteiger partial charge in [-0.3, -0.25) is 4.79 Å². The van der Waals surface area contributed by atoms with E-state index in [0.717, 1.165) is 17.2 Å². The van der Waals surface area contributed by atoms with Crippen LogP contribution >= 0.6 is 11.8 Å². The van der Waals surface area contributed by atoms with Gasteiger partial charge in [0, 0.05) is 11.4 Å². The first kappa shape index (κ1) is 17.4. The largest absolute Gasteiger partial charge is 0.497 e. The first-order valence-electron chi connectivity index (χ1n) is 7.69. The Bertz CT molecular complexity index is 638. The van der Waals surface area contributed by atoms with Crippen molar-refractivity contribution in [3.05, 3.63) is 59.7 Å². The zero-order valence-electron chi connectivity index (χ0n) is 13.8. The Balaban J connectivity index is 1.83. The summed E-state index contributed by atoms with van der Waals surface area (Å²) >= 11 is 1.61. The van der Waals surface area contributed by atoms with Crippen molar-refractivity contribution >= 4 is 23.4 Å². The number of methoxy groups -OCH3 is 1. The topological polar surface area (TPSA) is 38.3 Å². The monoisotopic (exact) mass is 329 g/mol. The highest BCUT2D eigenvalue weighted by molar-refractivity contribution is 7.99. The molecule has 0 atom stereocenters. The fourth-order valence-corrected chi connectivity index (χ4v) is 3.07. The number of hydrogen-bond acceptors (Lipinski definition) is 3. The molecule has 3 nitrogen and oxygen atoms in total. The molecule has 1 amide bonds. The average molecular weight is 329 g/mol. The van der Waals surface area contributed by atoms with E-state index in [1.54, 1.807) is 18.9 Å². The van der Waals surface area contributed by atoms with Crippen LogP contribution in [-0.2, 0) is 10.5 Å². The highest BCUT2D eigenvalue weighted by atomic mass is 32.2. The van der Waals surface area contributed by atoms with Crippen LogP contribution in [0.25, 0.3) is 0 Å². The highest BCUT2D eigenvalue weighted by Crippen LogP contribution is 2.24. The molecule has 0 aliphatic carbocycles. The SMILES string of the molecule is COc1ccc(CSCC(=O)Nc2ccccc2C(C)C)cc1. The lowest BCUT2D eigenvalue weighted by Crippen LogP contribution is -2.15. The minimum Gasteiger partial charge on any atom is -0.497 e. The maximum Gasteiger partial charge on any atom is 0.234 e. The zero-order chi connectivity index (χ0) is 16.7. The van der Waals surface area contributed by atoms with Gasteiger partial charge in [-0.25, -0.2) is 0 Å². The maximum absolute atomic E-state index is 12.1. The van der Waals surface area contributed by atoms with E-state index >= 15 is 0 Å². The van der Waals surface area contributed by atoms with E-state index < -0.39 is 0 Å². The fourth-order valence-electron chi connectivity index (χ4n) is 2.28. The zero-order valence-corrected chi connectivity index (χ0v) is 14.7. The van der Waals surface area contributed by atoms with Gasteiger partial charge in [0.15, 0.2) is 0 Å². The number of carbonyl (C=O) groups excluding carboxylic acids is 1. The van der Waals surface area contributed by atoms with Gasteiger partial charge >= 0.3 is 0 Å². The number of amides is 1. The van der Waals surface area contributed by atoms with Crippen molar-refractivity contribution in [1.29, 1.82) is 0 Å². The van der Waals surface area contributed by atoms with E-state index in [-0.39, 0.29) is 5.91 Å². The number of benzene rings is 2. The molecule has 0 saturated heterocycles. The summed E-state index contributed by atoms with van der Waals surface area (Å²) in [5.41, 5.74) is 3.27. The van der Waals surface area contributed by atoms with Crippen LogP contribution in [-0.4, -0.2) is 18.8 Å². The normalized spacial score (nSPS) is 10.6. The number of nitrogens with one attached hydrogen (secondary N) is 1. The van der Waals surface area contributed by atoms with Crippen molar-refractivity contribution in [2.24, 2.45) is 0 Å². The van der Waals surface area contributed by atoms with E-state index in [9.17, 15) is 4.79 Å². The van der Waals surface area contributed by atoms with Gasteiger partial charge in [0.25, 0.3) is 0 Å². The predicted molar refractivity (Wildman–Crippen MR) is 98.3 cm³/mol. The lowest BCUT2D eigenvalue weighted by atomic mass is 10.0. The molecule has 0 saturated carbocycles. The van der Waals surface area contributed by atoms with Crippen LogP contribution in [0, 0.1) is 0 Å². The first-order chi connectivity index (χ1) is 11.1. The molecule has 0 aliphatic rings. The number of thioether (sulfide) groups is 1. The molecule has 0 aromatic heterocycles. The second kappa shape index (κ2) is 8.63. The molecule has 4 heteroatoms. The van der Waals surface area contributed by atoms with Gasteiger partial charge in [0.1, 0.15) is 5.75 Å². The minimum atomic E-state index is 0.0385. The molecule has 122 valence electrons. The van der Waals surface area contributed by atoms with E-state index in [0.29, 0.717) is 11.7 Å². The maximum atomic E-state index is 12.1. The summed E-state index contributed by atoms with van der Waals surface area (Å²) in [7, 11) is 1.66. The quantitative estimate of drug-likeness (QED) is 0.801. The Labute approximate surface area is 142 Å². The molecule has 0 unspecified atom stereocenters. The van der Waals surface area contributed by atoms with Gasteiger partial charge in [0.05, 0.1) is 12.9 Å². The van der Waals surface area contributed by atoms with Gasteiger partial charge in [0.2, 0.25) is 5.91 Å². The summed E-state index contributed by atoms with van der Waals surface area (Å²) in [5, 5.41) is 3.02. The van der Waals surface area contributed by atoms with Gasteiger partial charge < -0.3 is 10.1 Å². The second-order valence-corrected chi connectivity index (χ2v) is 6.62. The molecule has 0 fully saturated rings. The third-order valence-corrected chi connectivity index (χ3v) is 4.52. The summed E-state index contributed by atoms with van der Waals surface area (Å²) in [6, 6.07) is 15.9. The Morgan fingerprint density at radius 3 is 2.48 bits per heavy atom. The van der Waals surface area contributed by atoms with Crippen molar-refractivity contribution in [2.45, 2.75) is 25.5 Å². The van der Waals surface area contributed by atoms with Crippen molar-refractivity contribution in [3.8, 4) is 5.75 Å². The standard InChI is InChI=1S/C19H23NO2S/c1-14(2)17-6-4-5-7-18(17)20-19(21)13-23-12-15-8-10-16(22-3)11-9-15/h4-11,14H,12-13H2,1-3H3,(H,20,21). The van der Waals surface area contributed by atoms with Crippen LogP contribution in [0.2, 0.25) is 0 Å².